The van der Waals surface area contributed by atoms with E-state index in [1.807, 2.05) is 4.90 Å². The molecule has 0 aromatic rings. The minimum Gasteiger partial charge on any atom is -0.394 e. The van der Waals surface area contributed by atoms with E-state index in [0.717, 1.165) is 38.6 Å². The van der Waals surface area contributed by atoms with Crippen LogP contribution in [0.3, 0.4) is 0 Å². The van der Waals surface area contributed by atoms with E-state index < -0.39 is 0 Å². The van der Waals surface area contributed by atoms with Crippen molar-refractivity contribution >= 4 is 5.91 Å². The summed E-state index contributed by atoms with van der Waals surface area (Å²) in [5.41, 5.74) is 0. The Labute approximate surface area is 118 Å². The molecule has 0 aromatic heterocycles. The fraction of sp³-hybridized carbons (Fsp3) is 0.938. The first-order valence-electron chi connectivity index (χ1n) is 8.15. The third-order valence-electron chi connectivity index (χ3n) is 4.26. The summed E-state index contributed by atoms with van der Waals surface area (Å²) >= 11 is 0. The molecule has 1 saturated heterocycles. The van der Waals surface area contributed by atoms with Crippen molar-refractivity contribution in [1.82, 2.24) is 4.90 Å². The van der Waals surface area contributed by atoms with Gasteiger partial charge in [0.1, 0.15) is 0 Å². The highest BCUT2D eigenvalue weighted by Crippen LogP contribution is 2.24. The van der Waals surface area contributed by atoms with Gasteiger partial charge in [-0.05, 0) is 25.7 Å². The zero-order valence-electron chi connectivity index (χ0n) is 12.7. The molecule has 1 fully saturated rings. The monoisotopic (exact) mass is 269 g/mol. The van der Waals surface area contributed by atoms with Gasteiger partial charge in [-0.2, -0.15) is 0 Å². The lowest BCUT2D eigenvalue weighted by molar-refractivity contribution is -0.137. The molecular weight excluding hydrogens is 238 g/mol. The molecule has 1 rings (SSSR count). The average Bonchev–Trinajstić information content (AvgIpc) is 2.90. The number of rotatable bonds is 9. The van der Waals surface area contributed by atoms with Gasteiger partial charge in [-0.1, -0.05) is 46.0 Å². The lowest BCUT2D eigenvalue weighted by Crippen LogP contribution is -2.41. The number of carbonyl (C=O) groups excluding carboxylic acids is 1. The molecule has 19 heavy (non-hydrogen) atoms. The fourth-order valence-electron chi connectivity index (χ4n) is 3.11. The second kappa shape index (κ2) is 9.35. The number of likely N-dealkylation sites (tertiary alicyclic amines) is 1. The molecule has 3 heteroatoms. The van der Waals surface area contributed by atoms with Gasteiger partial charge in [0.2, 0.25) is 5.91 Å². The van der Waals surface area contributed by atoms with Crippen molar-refractivity contribution in [3.63, 3.8) is 0 Å². The Morgan fingerprint density at radius 3 is 2.63 bits per heavy atom. The standard InChI is InChI=1S/C16H31NO2/c1-3-5-6-7-10-14(9-4-2)16(19)17-12-8-11-15(17)13-18/h14-15,18H,3-13H2,1-2H3/t14-,15+/m1/s1. The zero-order chi connectivity index (χ0) is 14.1. The molecular formula is C16H31NO2. The molecule has 0 aliphatic carbocycles. The molecule has 0 aromatic carbocycles. The SMILES string of the molecule is CCCCCC[C@@H](CCC)C(=O)N1CCC[C@H]1CO. The van der Waals surface area contributed by atoms with Crippen LogP contribution in [0.2, 0.25) is 0 Å². The van der Waals surface area contributed by atoms with E-state index in [-0.39, 0.29) is 18.6 Å². The molecule has 0 bridgehead atoms. The van der Waals surface area contributed by atoms with Crippen molar-refractivity contribution in [1.29, 1.82) is 0 Å². The lowest BCUT2D eigenvalue weighted by Gasteiger charge is -2.28. The summed E-state index contributed by atoms with van der Waals surface area (Å²) in [6.45, 7) is 5.34. The van der Waals surface area contributed by atoms with Crippen molar-refractivity contribution in [2.24, 2.45) is 5.92 Å². The van der Waals surface area contributed by atoms with E-state index in [0.29, 0.717) is 5.91 Å². The Morgan fingerprint density at radius 2 is 2.00 bits per heavy atom. The Kier molecular flexibility index (Phi) is 8.11. The maximum atomic E-state index is 12.6. The molecule has 1 aliphatic heterocycles. The number of nitrogens with zero attached hydrogens (tertiary/aromatic N) is 1. The third kappa shape index (κ3) is 5.13. The van der Waals surface area contributed by atoms with Crippen molar-refractivity contribution < 1.29 is 9.90 Å². The molecule has 0 spiro atoms. The van der Waals surface area contributed by atoms with Crippen molar-refractivity contribution in [3.8, 4) is 0 Å². The van der Waals surface area contributed by atoms with E-state index in [9.17, 15) is 9.90 Å². The van der Waals surface area contributed by atoms with E-state index >= 15 is 0 Å². The first-order valence-corrected chi connectivity index (χ1v) is 8.15. The molecule has 2 atom stereocenters. The second-order valence-electron chi connectivity index (χ2n) is 5.85. The molecule has 1 heterocycles. The topological polar surface area (TPSA) is 40.5 Å². The molecule has 1 aliphatic rings. The highest BCUT2D eigenvalue weighted by atomic mass is 16.3. The maximum absolute atomic E-state index is 12.6. The summed E-state index contributed by atoms with van der Waals surface area (Å²) in [7, 11) is 0. The van der Waals surface area contributed by atoms with Gasteiger partial charge >= 0.3 is 0 Å². The number of amides is 1. The van der Waals surface area contributed by atoms with Crippen LogP contribution in [-0.4, -0.2) is 35.1 Å². The zero-order valence-corrected chi connectivity index (χ0v) is 12.7. The van der Waals surface area contributed by atoms with Crippen LogP contribution in [0, 0.1) is 5.92 Å². The van der Waals surface area contributed by atoms with Gasteiger partial charge in [-0.15, -0.1) is 0 Å². The van der Waals surface area contributed by atoms with Crippen molar-refractivity contribution in [3.05, 3.63) is 0 Å². The number of unbranched alkanes of at least 4 members (excludes halogenated alkanes) is 3. The van der Waals surface area contributed by atoms with Gasteiger partial charge in [-0.3, -0.25) is 4.79 Å². The molecule has 0 unspecified atom stereocenters. The van der Waals surface area contributed by atoms with Gasteiger partial charge in [0, 0.05) is 12.5 Å². The second-order valence-corrected chi connectivity index (χ2v) is 5.85. The Morgan fingerprint density at radius 1 is 1.21 bits per heavy atom. The highest BCUT2D eigenvalue weighted by Gasteiger charge is 2.31. The summed E-state index contributed by atoms with van der Waals surface area (Å²) in [4.78, 5) is 14.5. The van der Waals surface area contributed by atoms with Crippen molar-refractivity contribution in [2.45, 2.75) is 77.7 Å². The summed E-state index contributed by atoms with van der Waals surface area (Å²) in [6.07, 6.45) is 10.0. The number of hydrogen-bond donors (Lipinski definition) is 1. The highest BCUT2D eigenvalue weighted by molar-refractivity contribution is 5.79. The van der Waals surface area contributed by atoms with Crippen LogP contribution < -0.4 is 0 Å². The van der Waals surface area contributed by atoms with Crippen LogP contribution in [0.5, 0.6) is 0 Å². The first kappa shape index (κ1) is 16.5. The Hall–Kier alpha value is -0.570. The molecule has 0 radical (unpaired) electrons. The van der Waals surface area contributed by atoms with Gasteiger partial charge in [0.15, 0.2) is 0 Å². The van der Waals surface area contributed by atoms with Gasteiger partial charge < -0.3 is 10.0 Å². The summed E-state index contributed by atoms with van der Waals surface area (Å²) < 4.78 is 0. The van der Waals surface area contributed by atoms with Gasteiger partial charge in [0.25, 0.3) is 0 Å². The minimum absolute atomic E-state index is 0.0856. The summed E-state index contributed by atoms with van der Waals surface area (Å²) in [6, 6.07) is 0.0856. The molecule has 1 N–H and O–H groups in total. The quantitative estimate of drug-likeness (QED) is 0.652. The van der Waals surface area contributed by atoms with E-state index in [4.69, 9.17) is 0 Å². The fourth-order valence-corrected chi connectivity index (χ4v) is 3.11. The van der Waals surface area contributed by atoms with E-state index in [1.165, 1.54) is 25.7 Å². The molecule has 0 saturated carbocycles. The molecule has 112 valence electrons. The van der Waals surface area contributed by atoms with Gasteiger partial charge in [0.05, 0.1) is 12.6 Å². The third-order valence-corrected chi connectivity index (χ3v) is 4.26. The number of aliphatic hydroxyl groups is 1. The van der Waals surface area contributed by atoms with Crippen LogP contribution in [-0.2, 0) is 4.79 Å². The van der Waals surface area contributed by atoms with Crippen LogP contribution in [0.25, 0.3) is 0 Å². The minimum atomic E-state index is 0.0856. The van der Waals surface area contributed by atoms with Crippen LogP contribution in [0.1, 0.15) is 71.6 Å². The smallest absolute Gasteiger partial charge is 0.226 e. The van der Waals surface area contributed by atoms with Gasteiger partial charge in [-0.25, -0.2) is 0 Å². The predicted octanol–water partition coefficient (Wildman–Crippen LogP) is 3.36. The first-order chi connectivity index (χ1) is 9.24. The normalized spacial score (nSPS) is 20.8. The lowest BCUT2D eigenvalue weighted by atomic mass is 9.94. The number of carbonyl (C=O) groups is 1. The number of hydrogen-bond acceptors (Lipinski definition) is 2. The number of aliphatic hydroxyl groups excluding tert-OH is 1. The van der Waals surface area contributed by atoms with E-state index in [1.54, 1.807) is 0 Å². The van der Waals surface area contributed by atoms with Crippen LogP contribution in [0.15, 0.2) is 0 Å². The van der Waals surface area contributed by atoms with Crippen LogP contribution >= 0.6 is 0 Å². The Balaban J connectivity index is 2.46. The maximum Gasteiger partial charge on any atom is 0.226 e. The molecule has 3 nitrogen and oxygen atoms in total. The summed E-state index contributed by atoms with van der Waals surface area (Å²) in [5, 5.41) is 9.35. The Bertz CT molecular complexity index is 255. The van der Waals surface area contributed by atoms with Crippen molar-refractivity contribution in [2.75, 3.05) is 13.2 Å². The average molecular weight is 269 g/mol. The van der Waals surface area contributed by atoms with E-state index in [2.05, 4.69) is 13.8 Å². The molecule has 1 amide bonds. The predicted molar refractivity (Wildman–Crippen MR) is 79.0 cm³/mol. The largest absolute Gasteiger partial charge is 0.394 e. The van der Waals surface area contributed by atoms with Crippen LogP contribution in [0.4, 0.5) is 0 Å². The summed E-state index contributed by atoms with van der Waals surface area (Å²) in [5.74, 6) is 0.490.